The fourth-order valence-corrected chi connectivity index (χ4v) is 4.58. The molecular weight excluding hydrogens is 258 g/mol. The van der Waals surface area contributed by atoms with Crippen molar-refractivity contribution in [3.8, 4) is 0 Å². The predicted molar refractivity (Wildman–Crippen MR) is 91.8 cm³/mol. The average Bonchev–Trinajstić information content (AvgIpc) is 2.95. The monoisotopic (exact) mass is 295 g/mol. The first kappa shape index (κ1) is 17.2. The van der Waals surface area contributed by atoms with Gasteiger partial charge in [0, 0.05) is 24.7 Å². The largest absolute Gasteiger partial charge is 0.313 e. The molecule has 4 unspecified atom stereocenters. The molecule has 1 N–H and O–H groups in total. The Labute approximate surface area is 132 Å². The van der Waals surface area contributed by atoms with Crippen molar-refractivity contribution < 1.29 is 0 Å². The van der Waals surface area contributed by atoms with Crippen molar-refractivity contribution in [2.24, 2.45) is 5.92 Å². The van der Waals surface area contributed by atoms with Gasteiger partial charge in [-0.15, -0.1) is 0 Å². The molecule has 0 aromatic heterocycles. The molecule has 0 spiro atoms. The van der Waals surface area contributed by atoms with Gasteiger partial charge in [0.1, 0.15) is 0 Å². The molecule has 0 radical (unpaired) electrons. The van der Waals surface area contributed by atoms with Crippen LogP contribution in [-0.4, -0.2) is 61.2 Å². The quantitative estimate of drug-likeness (QED) is 0.779. The molecule has 2 rings (SSSR count). The van der Waals surface area contributed by atoms with E-state index in [9.17, 15) is 0 Å². The summed E-state index contributed by atoms with van der Waals surface area (Å²) in [5.41, 5.74) is 0. The Hall–Kier alpha value is -0.120. The molecule has 0 aromatic carbocycles. The number of nitrogens with zero attached hydrogens (tertiary/aromatic N) is 2. The van der Waals surface area contributed by atoms with Crippen LogP contribution in [0, 0.1) is 5.92 Å². The van der Waals surface area contributed by atoms with Gasteiger partial charge in [0.15, 0.2) is 0 Å². The van der Waals surface area contributed by atoms with E-state index >= 15 is 0 Å². The van der Waals surface area contributed by atoms with Crippen LogP contribution >= 0.6 is 0 Å². The SMILES string of the molecule is CCNC1CCC(CC)CC1N(C)CC1CCCN1CC. The van der Waals surface area contributed by atoms with Crippen LogP contribution in [0.2, 0.25) is 0 Å². The zero-order valence-corrected chi connectivity index (χ0v) is 14.8. The third-order valence-electron chi connectivity index (χ3n) is 5.94. The van der Waals surface area contributed by atoms with Gasteiger partial charge in [-0.25, -0.2) is 0 Å². The summed E-state index contributed by atoms with van der Waals surface area (Å²) in [6.45, 7) is 11.8. The van der Waals surface area contributed by atoms with Crippen LogP contribution in [0.1, 0.15) is 59.3 Å². The summed E-state index contributed by atoms with van der Waals surface area (Å²) >= 11 is 0. The van der Waals surface area contributed by atoms with Crippen molar-refractivity contribution in [2.45, 2.75) is 77.4 Å². The van der Waals surface area contributed by atoms with Crippen LogP contribution in [0.25, 0.3) is 0 Å². The smallest absolute Gasteiger partial charge is 0.0249 e. The van der Waals surface area contributed by atoms with Gasteiger partial charge >= 0.3 is 0 Å². The Morgan fingerprint density at radius 3 is 2.62 bits per heavy atom. The summed E-state index contributed by atoms with van der Waals surface area (Å²) in [5, 5.41) is 3.75. The van der Waals surface area contributed by atoms with E-state index in [0.29, 0.717) is 6.04 Å². The standard InChI is InChI=1S/C18H37N3/c1-5-15-10-11-17(19-6-2)18(13-15)20(4)14-16-9-8-12-21(16)7-3/h15-19H,5-14H2,1-4H3. The van der Waals surface area contributed by atoms with Crippen LogP contribution < -0.4 is 5.32 Å². The minimum Gasteiger partial charge on any atom is -0.313 e. The minimum atomic E-state index is 0.708. The van der Waals surface area contributed by atoms with Crippen LogP contribution in [0.15, 0.2) is 0 Å². The average molecular weight is 296 g/mol. The lowest BCUT2D eigenvalue weighted by Crippen LogP contribution is -2.54. The number of hydrogen-bond acceptors (Lipinski definition) is 3. The lowest BCUT2D eigenvalue weighted by Gasteiger charge is -2.43. The molecule has 1 aliphatic carbocycles. The zero-order chi connectivity index (χ0) is 15.2. The first-order chi connectivity index (χ1) is 10.2. The maximum atomic E-state index is 3.75. The molecule has 1 saturated carbocycles. The maximum absolute atomic E-state index is 3.75. The molecule has 0 aromatic rings. The number of nitrogens with one attached hydrogen (secondary N) is 1. The summed E-state index contributed by atoms with van der Waals surface area (Å²) in [7, 11) is 2.37. The molecule has 124 valence electrons. The van der Waals surface area contributed by atoms with E-state index in [-0.39, 0.29) is 0 Å². The molecule has 21 heavy (non-hydrogen) atoms. The van der Waals surface area contributed by atoms with E-state index in [2.05, 4.69) is 42.9 Å². The molecule has 3 nitrogen and oxygen atoms in total. The summed E-state index contributed by atoms with van der Waals surface area (Å²) in [6.07, 6.45) is 8.32. The lowest BCUT2D eigenvalue weighted by molar-refractivity contribution is 0.0931. The summed E-state index contributed by atoms with van der Waals surface area (Å²) < 4.78 is 0. The molecule has 0 amide bonds. The Balaban J connectivity index is 1.94. The second kappa shape index (κ2) is 8.50. The van der Waals surface area contributed by atoms with E-state index in [4.69, 9.17) is 0 Å². The van der Waals surface area contributed by atoms with Gasteiger partial charge in [0.2, 0.25) is 0 Å². The highest BCUT2D eigenvalue weighted by molar-refractivity contribution is 4.92. The van der Waals surface area contributed by atoms with E-state index in [1.54, 1.807) is 0 Å². The number of likely N-dealkylation sites (N-methyl/N-ethyl adjacent to an activating group) is 3. The van der Waals surface area contributed by atoms with Crippen LogP contribution in [0.5, 0.6) is 0 Å². The van der Waals surface area contributed by atoms with Crippen molar-refractivity contribution in [3.63, 3.8) is 0 Å². The second-order valence-electron chi connectivity index (χ2n) is 7.18. The molecular formula is C18H37N3. The Kier molecular flexibility index (Phi) is 6.97. The molecule has 2 aliphatic rings. The maximum Gasteiger partial charge on any atom is 0.0249 e. The highest BCUT2D eigenvalue weighted by atomic mass is 15.2. The Bertz CT molecular complexity index is 294. The van der Waals surface area contributed by atoms with Crippen LogP contribution in [0.3, 0.4) is 0 Å². The predicted octanol–water partition coefficient (Wildman–Crippen LogP) is 2.96. The molecule has 4 atom stereocenters. The zero-order valence-electron chi connectivity index (χ0n) is 14.8. The molecule has 0 bridgehead atoms. The van der Waals surface area contributed by atoms with Gasteiger partial charge < -0.3 is 10.2 Å². The van der Waals surface area contributed by atoms with Crippen molar-refractivity contribution >= 4 is 0 Å². The summed E-state index contributed by atoms with van der Waals surface area (Å²) in [4.78, 5) is 5.37. The summed E-state index contributed by atoms with van der Waals surface area (Å²) in [5.74, 6) is 0.943. The molecule has 1 saturated heterocycles. The fraction of sp³-hybridized carbons (Fsp3) is 1.00. The third-order valence-corrected chi connectivity index (χ3v) is 5.94. The molecule has 1 aliphatic heterocycles. The topological polar surface area (TPSA) is 18.5 Å². The van der Waals surface area contributed by atoms with Gasteiger partial charge in [-0.05, 0) is 64.7 Å². The van der Waals surface area contributed by atoms with Crippen LogP contribution in [-0.2, 0) is 0 Å². The van der Waals surface area contributed by atoms with E-state index in [1.165, 1.54) is 58.2 Å². The molecule has 3 heteroatoms. The molecule has 1 heterocycles. The van der Waals surface area contributed by atoms with Gasteiger partial charge in [0.05, 0.1) is 0 Å². The van der Waals surface area contributed by atoms with E-state index in [0.717, 1.165) is 24.5 Å². The minimum absolute atomic E-state index is 0.708. The lowest BCUT2D eigenvalue weighted by atomic mass is 9.80. The van der Waals surface area contributed by atoms with Gasteiger partial charge in [0.25, 0.3) is 0 Å². The van der Waals surface area contributed by atoms with Gasteiger partial charge in [-0.3, -0.25) is 4.90 Å². The Morgan fingerprint density at radius 2 is 1.95 bits per heavy atom. The summed E-state index contributed by atoms with van der Waals surface area (Å²) in [6, 6.07) is 2.24. The van der Waals surface area contributed by atoms with Gasteiger partial charge in [-0.1, -0.05) is 27.2 Å². The number of likely N-dealkylation sites (tertiary alicyclic amines) is 1. The van der Waals surface area contributed by atoms with Crippen molar-refractivity contribution in [3.05, 3.63) is 0 Å². The van der Waals surface area contributed by atoms with E-state index in [1.807, 2.05) is 0 Å². The van der Waals surface area contributed by atoms with Crippen molar-refractivity contribution in [2.75, 3.05) is 33.2 Å². The third kappa shape index (κ3) is 4.43. The first-order valence-corrected chi connectivity index (χ1v) is 9.37. The number of hydrogen-bond donors (Lipinski definition) is 1. The fourth-order valence-electron chi connectivity index (χ4n) is 4.58. The van der Waals surface area contributed by atoms with Crippen LogP contribution in [0.4, 0.5) is 0 Å². The highest BCUT2D eigenvalue weighted by Gasteiger charge is 2.34. The number of rotatable bonds is 7. The van der Waals surface area contributed by atoms with Crippen molar-refractivity contribution in [1.82, 2.24) is 15.1 Å². The molecule has 2 fully saturated rings. The van der Waals surface area contributed by atoms with E-state index < -0.39 is 0 Å². The second-order valence-corrected chi connectivity index (χ2v) is 7.18. The Morgan fingerprint density at radius 1 is 1.14 bits per heavy atom. The first-order valence-electron chi connectivity index (χ1n) is 9.37. The normalized spacial score (nSPS) is 34.7. The van der Waals surface area contributed by atoms with Gasteiger partial charge in [-0.2, -0.15) is 0 Å². The highest BCUT2D eigenvalue weighted by Crippen LogP contribution is 2.30. The van der Waals surface area contributed by atoms with Crippen molar-refractivity contribution in [1.29, 1.82) is 0 Å².